The summed E-state index contributed by atoms with van der Waals surface area (Å²) < 4.78 is 25.2. The van der Waals surface area contributed by atoms with Gasteiger partial charge in [0.1, 0.15) is 0 Å². The molecule has 0 bridgehead atoms. The van der Waals surface area contributed by atoms with Gasteiger partial charge in [0.15, 0.2) is 0 Å². The maximum absolute atomic E-state index is 12.7. The number of benzene rings is 2. The topological polar surface area (TPSA) is 108 Å². The fraction of sp³-hybridized carbons (Fsp3) is 0.174. The SMILES string of the molecule is CCS(=O)(=O)N(C)c1ccc(C(=O)Nc2ccccc2C(=O)NCc2cccnc2)cc1. The molecule has 0 saturated heterocycles. The molecular formula is C23H24N4O4S. The predicted molar refractivity (Wildman–Crippen MR) is 124 cm³/mol. The van der Waals surface area contributed by atoms with Crippen molar-refractivity contribution in [2.24, 2.45) is 0 Å². The number of para-hydroxylation sites is 1. The van der Waals surface area contributed by atoms with Gasteiger partial charge in [-0.1, -0.05) is 18.2 Å². The van der Waals surface area contributed by atoms with Crippen LogP contribution in [0.1, 0.15) is 33.2 Å². The highest BCUT2D eigenvalue weighted by molar-refractivity contribution is 7.92. The van der Waals surface area contributed by atoms with Crippen LogP contribution >= 0.6 is 0 Å². The van der Waals surface area contributed by atoms with Gasteiger partial charge < -0.3 is 10.6 Å². The first-order chi connectivity index (χ1) is 15.3. The molecule has 2 aromatic carbocycles. The Kier molecular flexibility index (Phi) is 7.21. The number of nitrogens with one attached hydrogen (secondary N) is 2. The maximum Gasteiger partial charge on any atom is 0.255 e. The smallest absolute Gasteiger partial charge is 0.255 e. The van der Waals surface area contributed by atoms with E-state index < -0.39 is 15.9 Å². The van der Waals surface area contributed by atoms with Crippen LogP contribution in [0.3, 0.4) is 0 Å². The number of carbonyl (C=O) groups excluding carboxylic acids is 2. The summed E-state index contributed by atoms with van der Waals surface area (Å²) in [5.41, 5.74) is 2.35. The van der Waals surface area contributed by atoms with Gasteiger partial charge in [-0.25, -0.2) is 8.42 Å². The zero-order valence-electron chi connectivity index (χ0n) is 17.8. The van der Waals surface area contributed by atoms with Crippen molar-refractivity contribution in [1.29, 1.82) is 0 Å². The van der Waals surface area contributed by atoms with E-state index in [1.54, 1.807) is 61.8 Å². The van der Waals surface area contributed by atoms with Gasteiger partial charge in [0.05, 0.1) is 22.7 Å². The van der Waals surface area contributed by atoms with Crippen molar-refractivity contribution in [3.8, 4) is 0 Å². The minimum atomic E-state index is -3.39. The van der Waals surface area contributed by atoms with Crippen molar-refractivity contribution in [3.05, 3.63) is 89.7 Å². The summed E-state index contributed by atoms with van der Waals surface area (Å²) in [5.74, 6) is -0.762. The minimum Gasteiger partial charge on any atom is -0.348 e. The monoisotopic (exact) mass is 452 g/mol. The second-order valence-corrected chi connectivity index (χ2v) is 9.25. The largest absolute Gasteiger partial charge is 0.348 e. The van der Waals surface area contributed by atoms with Crippen LogP contribution in [0.5, 0.6) is 0 Å². The number of hydrogen-bond donors (Lipinski definition) is 2. The number of rotatable bonds is 8. The number of hydrogen-bond acceptors (Lipinski definition) is 5. The molecule has 3 aromatic rings. The zero-order chi connectivity index (χ0) is 23.1. The Morgan fingerprint density at radius 3 is 2.34 bits per heavy atom. The Balaban J connectivity index is 1.71. The van der Waals surface area contributed by atoms with Gasteiger partial charge in [-0.3, -0.25) is 18.9 Å². The minimum absolute atomic E-state index is 0.0225. The van der Waals surface area contributed by atoms with E-state index in [-0.39, 0.29) is 11.7 Å². The molecule has 0 aliphatic rings. The van der Waals surface area contributed by atoms with Crippen molar-refractivity contribution in [1.82, 2.24) is 10.3 Å². The van der Waals surface area contributed by atoms with Gasteiger partial charge >= 0.3 is 0 Å². The third-order valence-corrected chi connectivity index (χ3v) is 6.65. The average molecular weight is 453 g/mol. The lowest BCUT2D eigenvalue weighted by Gasteiger charge is -2.18. The van der Waals surface area contributed by atoms with Gasteiger partial charge in [-0.15, -0.1) is 0 Å². The van der Waals surface area contributed by atoms with Gasteiger partial charge in [0.2, 0.25) is 10.0 Å². The fourth-order valence-corrected chi connectivity index (χ4v) is 3.77. The summed E-state index contributed by atoms with van der Waals surface area (Å²) in [7, 11) is -1.92. The molecule has 1 heterocycles. The van der Waals surface area contributed by atoms with Crippen LogP contribution < -0.4 is 14.9 Å². The van der Waals surface area contributed by atoms with Crippen LogP contribution in [0, 0.1) is 0 Å². The first-order valence-corrected chi connectivity index (χ1v) is 11.6. The summed E-state index contributed by atoms with van der Waals surface area (Å²) in [4.78, 5) is 29.4. The van der Waals surface area contributed by atoms with Gasteiger partial charge in [0.25, 0.3) is 11.8 Å². The Morgan fingerprint density at radius 1 is 0.969 bits per heavy atom. The molecule has 2 N–H and O–H groups in total. The van der Waals surface area contributed by atoms with Crippen LogP contribution in [-0.2, 0) is 16.6 Å². The van der Waals surface area contributed by atoms with Crippen LogP contribution in [0.25, 0.3) is 0 Å². The van der Waals surface area contributed by atoms with Crippen molar-refractivity contribution >= 4 is 33.2 Å². The van der Waals surface area contributed by atoms with Crippen LogP contribution in [-0.4, -0.2) is 38.0 Å². The standard InChI is InChI=1S/C23H24N4O4S/c1-3-32(30,31)27(2)19-12-10-18(11-13-19)22(28)26-21-9-5-4-8-20(21)23(29)25-16-17-7-6-14-24-15-17/h4-15H,3,16H2,1-2H3,(H,25,29)(H,26,28). The summed E-state index contributed by atoms with van der Waals surface area (Å²) in [5, 5.41) is 5.57. The first-order valence-electron chi connectivity index (χ1n) is 9.96. The Labute approximate surface area is 187 Å². The second-order valence-electron chi connectivity index (χ2n) is 6.96. The van der Waals surface area contributed by atoms with E-state index in [4.69, 9.17) is 0 Å². The van der Waals surface area contributed by atoms with E-state index in [1.807, 2.05) is 6.07 Å². The number of amides is 2. The Hall–Kier alpha value is -3.72. The Bertz CT molecular complexity index is 1200. The molecule has 9 heteroatoms. The molecule has 0 radical (unpaired) electrons. The lowest BCUT2D eigenvalue weighted by molar-refractivity contribution is 0.0951. The molecule has 0 atom stereocenters. The van der Waals surface area contributed by atoms with E-state index in [0.717, 1.165) is 5.56 Å². The highest BCUT2D eigenvalue weighted by Crippen LogP contribution is 2.20. The molecule has 0 unspecified atom stereocenters. The number of sulfonamides is 1. The predicted octanol–water partition coefficient (Wildman–Crippen LogP) is 3.05. The van der Waals surface area contributed by atoms with Crippen molar-refractivity contribution in [3.63, 3.8) is 0 Å². The lowest BCUT2D eigenvalue weighted by Crippen LogP contribution is -2.28. The van der Waals surface area contributed by atoms with Crippen LogP contribution in [0.15, 0.2) is 73.1 Å². The number of carbonyl (C=O) groups is 2. The third-order valence-electron chi connectivity index (χ3n) is 4.87. The van der Waals surface area contributed by atoms with Crippen LogP contribution in [0.2, 0.25) is 0 Å². The summed E-state index contributed by atoms with van der Waals surface area (Å²) >= 11 is 0. The molecule has 0 aliphatic carbocycles. The zero-order valence-corrected chi connectivity index (χ0v) is 18.6. The van der Waals surface area contributed by atoms with Crippen molar-refractivity contribution < 1.29 is 18.0 Å². The molecule has 8 nitrogen and oxygen atoms in total. The van der Waals surface area contributed by atoms with E-state index in [0.29, 0.717) is 29.0 Å². The summed E-state index contributed by atoms with van der Waals surface area (Å²) in [6.07, 6.45) is 3.32. The quantitative estimate of drug-likeness (QED) is 0.546. The molecular weight excluding hydrogens is 428 g/mol. The fourth-order valence-electron chi connectivity index (χ4n) is 2.94. The molecule has 2 amide bonds. The highest BCUT2D eigenvalue weighted by Gasteiger charge is 2.17. The molecule has 32 heavy (non-hydrogen) atoms. The molecule has 0 fully saturated rings. The number of anilines is 2. The van der Waals surface area contributed by atoms with E-state index >= 15 is 0 Å². The highest BCUT2D eigenvalue weighted by atomic mass is 32.2. The van der Waals surface area contributed by atoms with Gasteiger partial charge in [0, 0.05) is 31.5 Å². The number of nitrogens with zero attached hydrogens (tertiary/aromatic N) is 2. The van der Waals surface area contributed by atoms with Crippen molar-refractivity contribution in [2.45, 2.75) is 13.5 Å². The first kappa shape index (κ1) is 23.0. The summed E-state index contributed by atoms with van der Waals surface area (Å²) in [6, 6.07) is 16.6. The lowest BCUT2D eigenvalue weighted by atomic mass is 10.1. The van der Waals surface area contributed by atoms with Gasteiger partial charge in [-0.2, -0.15) is 0 Å². The van der Waals surface area contributed by atoms with E-state index in [2.05, 4.69) is 15.6 Å². The normalized spacial score (nSPS) is 10.9. The average Bonchev–Trinajstić information content (AvgIpc) is 2.83. The molecule has 1 aromatic heterocycles. The third kappa shape index (κ3) is 5.50. The molecule has 0 spiro atoms. The number of aromatic nitrogens is 1. The van der Waals surface area contributed by atoms with Crippen molar-refractivity contribution in [2.75, 3.05) is 22.4 Å². The molecule has 166 valence electrons. The number of pyridine rings is 1. The van der Waals surface area contributed by atoms with E-state index in [9.17, 15) is 18.0 Å². The summed E-state index contributed by atoms with van der Waals surface area (Å²) in [6.45, 7) is 1.88. The molecule has 3 rings (SSSR count). The van der Waals surface area contributed by atoms with E-state index in [1.165, 1.54) is 23.5 Å². The Morgan fingerprint density at radius 2 is 1.69 bits per heavy atom. The second kappa shape index (κ2) is 10.1. The molecule has 0 aliphatic heterocycles. The molecule has 0 saturated carbocycles. The van der Waals surface area contributed by atoms with Crippen LogP contribution in [0.4, 0.5) is 11.4 Å². The maximum atomic E-state index is 12.7. The van der Waals surface area contributed by atoms with Gasteiger partial charge in [-0.05, 0) is 55.0 Å².